The smallest absolute Gasteiger partial charge is 0.0222 e. The summed E-state index contributed by atoms with van der Waals surface area (Å²) < 4.78 is 0. The molecule has 0 N–H and O–H groups in total. The maximum Gasteiger partial charge on any atom is 0.0222 e. The van der Waals surface area contributed by atoms with E-state index in [1.807, 2.05) is 0 Å². The number of fused-ring (bicyclic) bond motifs is 2. The standard InChI is InChI=1S/C17H33N/c1-12(2)18(13(3)4)17-9-14(5)7-16(11-17)8-15(6)10-17/h12-16H,7-11H2,1-6H3. The van der Waals surface area contributed by atoms with Crippen LogP contribution in [-0.2, 0) is 0 Å². The van der Waals surface area contributed by atoms with Gasteiger partial charge in [0.2, 0.25) is 0 Å². The molecule has 2 rings (SSSR count). The third-order valence-electron chi connectivity index (χ3n) is 5.26. The highest BCUT2D eigenvalue weighted by Gasteiger charge is 2.48. The number of rotatable bonds is 3. The molecule has 0 aromatic rings. The summed E-state index contributed by atoms with van der Waals surface area (Å²) in [6.07, 6.45) is 7.30. The molecule has 2 unspecified atom stereocenters. The molecule has 106 valence electrons. The van der Waals surface area contributed by atoms with Gasteiger partial charge >= 0.3 is 0 Å². The van der Waals surface area contributed by atoms with Crippen molar-refractivity contribution in [1.82, 2.24) is 4.90 Å². The van der Waals surface area contributed by atoms with Gasteiger partial charge in [-0.3, -0.25) is 4.90 Å². The second-order valence-corrected chi connectivity index (χ2v) is 7.98. The maximum absolute atomic E-state index is 2.85. The summed E-state index contributed by atoms with van der Waals surface area (Å²) in [5, 5.41) is 0. The predicted octanol–water partition coefficient (Wildman–Crippen LogP) is 4.71. The van der Waals surface area contributed by atoms with Gasteiger partial charge in [0.25, 0.3) is 0 Å². The Morgan fingerprint density at radius 2 is 1.28 bits per heavy atom. The lowest BCUT2D eigenvalue weighted by atomic mass is 9.60. The summed E-state index contributed by atoms with van der Waals surface area (Å²) >= 11 is 0. The van der Waals surface area contributed by atoms with Crippen LogP contribution in [0.25, 0.3) is 0 Å². The molecule has 1 nitrogen and oxygen atoms in total. The molecule has 2 bridgehead atoms. The second-order valence-electron chi connectivity index (χ2n) is 7.98. The molecule has 2 saturated carbocycles. The van der Waals surface area contributed by atoms with Crippen LogP contribution in [-0.4, -0.2) is 22.5 Å². The molecular formula is C17H33N. The third kappa shape index (κ3) is 2.61. The Labute approximate surface area is 114 Å². The zero-order valence-electron chi connectivity index (χ0n) is 13.4. The van der Waals surface area contributed by atoms with Crippen molar-refractivity contribution < 1.29 is 0 Å². The van der Waals surface area contributed by atoms with E-state index in [-0.39, 0.29) is 0 Å². The van der Waals surface area contributed by atoms with Crippen LogP contribution in [0.4, 0.5) is 0 Å². The number of hydrogen-bond acceptors (Lipinski definition) is 1. The first-order valence-electron chi connectivity index (χ1n) is 8.12. The molecule has 2 atom stereocenters. The predicted molar refractivity (Wildman–Crippen MR) is 79.7 cm³/mol. The highest BCUT2D eigenvalue weighted by Crippen LogP contribution is 2.51. The Balaban J connectivity index is 2.29. The first-order chi connectivity index (χ1) is 8.34. The Bertz CT molecular complexity index is 254. The molecule has 0 amide bonds. The van der Waals surface area contributed by atoms with E-state index in [4.69, 9.17) is 0 Å². The lowest BCUT2D eigenvalue weighted by molar-refractivity contribution is -0.0716. The minimum atomic E-state index is 0.516. The topological polar surface area (TPSA) is 3.24 Å². The normalized spacial score (nSPS) is 40.8. The molecule has 18 heavy (non-hydrogen) atoms. The van der Waals surface area contributed by atoms with Crippen molar-refractivity contribution in [1.29, 1.82) is 0 Å². The number of nitrogens with zero attached hydrogens (tertiary/aromatic N) is 1. The SMILES string of the molecule is CC1CC2CC(C)CC(N(C(C)C)C(C)C)(C1)C2. The molecule has 1 heteroatoms. The summed E-state index contributed by atoms with van der Waals surface area (Å²) in [5.41, 5.74) is 0.516. The van der Waals surface area contributed by atoms with Gasteiger partial charge in [0.15, 0.2) is 0 Å². The third-order valence-corrected chi connectivity index (χ3v) is 5.26. The van der Waals surface area contributed by atoms with Crippen LogP contribution in [0.3, 0.4) is 0 Å². The summed E-state index contributed by atoms with van der Waals surface area (Å²) in [5.74, 6) is 2.85. The van der Waals surface area contributed by atoms with E-state index in [1.165, 1.54) is 32.1 Å². The second kappa shape index (κ2) is 5.15. The van der Waals surface area contributed by atoms with Gasteiger partial charge in [-0.1, -0.05) is 13.8 Å². The van der Waals surface area contributed by atoms with Crippen molar-refractivity contribution in [2.75, 3.05) is 0 Å². The summed E-state index contributed by atoms with van der Waals surface area (Å²) in [4.78, 5) is 2.85. The van der Waals surface area contributed by atoms with E-state index in [0.717, 1.165) is 17.8 Å². The van der Waals surface area contributed by atoms with E-state index in [9.17, 15) is 0 Å². The molecule has 2 aliphatic rings. The largest absolute Gasteiger partial charge is 0.293 e. The molecule has 0 spiro atoms. The molecular weight excluding hydrogens is 218 g/mol. The minimum absolute atomic E-state index is 0.516. The summed E-state index contributed by atoms with van der Waals surface area (Å²) in [6.45, 7) is 14.5. The maximum atomic E-state index is 2.85. The van der Waals surface area contributed by atoms with Gasteiger partial charge in [-0.15, -0.1) is 0 Å². The lowest BCUT2D eigenvalue weighted by Crippen LogP contribution is -2.60. The van der Waals surface area contributed by atoms with E-state index < -0.39 is 0 Å². The van der Waals surface area contributed by atoms with Crippen LogP contribution >= 0.6 is 0 Å². The van der Waals surface area contributed by atoms with Crippen LogP contribution in [0.1, 0.15) is 73.6 Å². The quantitative estimate of drug-likeness (QED) is 0.702. The van der Waals surface area contributed by atoms with Gasteiger partial charge in [-0.2, -0.15) is 0 Å². The fourth-order valence-corrected chi connectivity index (χ4v) is 5.66. The average molecular weight is 251 g/mol. The Morgan fingerprint density at radius 3 is 1.67 bits per heavy atom. The van der Waals surface area contributed by atoms with Crippen molar-refractivity contribution in [2.24, 2.45) is 17.8 Å². The molecule has 0 aliphatic heterocycles. The van der Waals surface area contributed by atoms with Gasteiger partial charge in [0.1, 0.15) is 0 Å². The Morgan fingerprint density at radius 1 is 0.833 bits per heavy atom. The molecule has 2 fully saturated rings. The van der Waals surface area contributed by atoms with Gasteiger partial charge in [-0.05, 0) is 77.6 Å². The van der Waals surface area contributed by atoms with Gasteiger partial charge in [0, 0.05) is 17.6 Å². The van der Waals surface area contributed by atoms with E-state index in [1.54, 1.807) is 0 Å². The Kier molecular flexibility index (Phi) is 4.11. The number of hydrogen-bond donors (Lipinski definition) is 0. The Hall–Kier alpha value is -0.0400. The van der Waals surface area contributed by atoms with Crippen molar-refractivity contribution in [2.45, 2.75) is 91.3 Å². The van der Waals surface area contributed by atoms with Crippen LogP contribution in [0, 0.1) is 17.8 Å². The first-order valence-corrected chi connectivity index (χ1v) is 8.12. The molecule has 0 aromatic carbocycles. The van der Waals surface area contributed by atoms with Crippen LogP contribution in [0.5, 0.6) is 0 Å². The van der Waals surface area contributed by atoms with Crippen molar-refractivity contribution >= 4 is 0 Å². The lowest BCUT2D eigenvalue weighted by Gasteiger charge is -2.58. The van der Waals surface area contributed by atoms with Gasteiger partial charge in [0.05, 0.1) is 0 Å². The molecule has 2 aliphatic carbocycles. The molecule has 0 heterocycles. The van der Waals surface area contributed by atoms with E-state index in [0.29, 0.717) is 17.6 Å². The molecule has 0 radical (unpaired) electrons. The first kappa shape index (κ1) is 14.4. The monoisotopic (exact) mass is 251 g/mol. The fourth-order valence-electron chi connectivity index (χ4n) is 5.66. The van der Waals surface area contributed by atoms with E-state index in [2.05, 4.69) is 46.4 Å². The highest BCUT2D eigenvalue weighted by molar-refractivity contribution is 5.03. The van der Waals surface area contributed by atoms with Crippen molar-refractivity contribution in [3.05, 3.63) is 0 Å². The van der Waals surface area contributed by atoms with Crippen LogP contribution in [0.2, 0.25) is 0 Å². The summed E-state index contributed by atoms with van der Waals surface area (Å²) in [7, 11) is 0. The van der Waals surface area contributed by atoms with Crippen LogP contribution in [0.15, 0.2) is 0 Å². The van der Waals surface area contributed by atoms with Crippen LogP contribution < -0.4 is 0 Å². The molecule has 0 saturated heterocycles. The average Bonchev–Trinajstić information content (AvgIpc) is 2.11. The minimum Gasteiger partial charge on any atom is -0.293 e. The van der Waals surface area contributed by atoms with Crippen molar-refractivity contribution in [3.8, 4) is 0 Å². The van der Waals surface area contributed by atoms with E-state index >= 15 is 0 Å². The highest BCUT2D eigenvalue weighted by atomic mass is 15.2. The van der Waals surface area contributed by atoms with Gasteiger partial charge in [-0.25, -0.2) is 0 Å². The zero-order valence-corrected chi connectivity index (χ0v) is 13.4. The summed E-state index contributed by atoms with van der Waals surface area (Å²) in [6, 6.07) is 1.36. The van der Waals surface area contributed by atoms with Gasteiger partial charge < -0.3 is 0 Å². The molecule has 0 aromatic heterocycles. The zero-order chi connectivity index (χ0) is 13.5. The fraction of sp³-hybridized carbons (Fsp3) is 1.00. The van der Waals surface area contributed by atoms with Crippen molar-refractivity contribution in [3.63, 3.8) is 0 Å².